The molecule has 2 amide bonds. The van der Waals surface area contributed by atoms with E-state index >= 15 is 0 Å². The summed E-state index contributed by atoms with van der Waals surface area (Å²) in [6.45, 7) is 4.90. The van der Waals surface area contributed by atoms with Gasteiger partial charge in [0.25, 0.3) is 0 Å². The smallest absolute Gasteiger partial charge is 0.299 e. The second kappa shape index (κ2) is 4.61. The van der Waals surface area contributed by atoms with Gasteiger partial charge in [0.1, 0.15) is 0 Å². The van der Waals surface area contributed by atoms with Crippen LogP contribution >= 0.6 is 0 Å². The highest BCUT2D eigenvalue weighted by atomic mass is 16.2. The summed E-state index contributed by atoms with van der Waals surface area (Å²) >= 11 is 0. The van der Waals surface area contributed by atoms with Crippen molar-refractivity contribution in [2.24, 2.45) is 4.99 Å². The maximum Gasteiger partial charge on any atom is 0.316 e. The van der Waals surface area contributed by atoms with Crippen LogP contribution in [0.2, 0.25) is 0 Å². The maximum absolute atomic E-state index is 10.9. The summed E-state index contributed by atoms with van der Waals surface area (Å²) in [6.07, 6.45) is 2.33. The summed E-state index contributed by atoms with van der Waals surface area (Å²) in [5.41, 5.74) is 0. The zero-order valence-corrected chi connectivity index (χ0v) is 9.32. The first-order valence-electron chi connectivity index (χ1n) is 5.61. The average Bonchev–Trinajstić information content (AvgIpc) is 2.83. The number of hydrogen-bond acceptors (Lipinski definition) is 4. The van der Waals surface area contributed by atoms with E-state index in [1.807, 2.05) is 0 Å². The molecule has 2 aliphatic rings. The van der Waals surface area contributed by atoms with Gasteiger partial charge in [-0.1, -0.05) is 6.92 Å². The Morgan fingerprint density at radius 1 is 1.38 bits per heavy atom. The van der Waals surface area contributed by atoms with Crippen molar-refractivity contribution in [1.29, 1.82) is 0 Å². The van der Waals surface area contributed by atoms with Crippen molar-refractivity contribution >= 4 is 17.8 Å². The van der Waals surface area contributed by atoms with Gasteiger partial charge in [-0.3, -0.25) is 30.1 Å². The third kappa shape index (κ3) is 2.21. The third-order valence-electron chi connectivity index (χ3n) is 3.04. The summed E-state index contributed by atoms with van der Waals surface area (Å²) < 4.78 is 0. The SMILES string of the molecule is CCN1CCCC1CN=C1NC(=O)C(=O)N1. The zero-order chi connectivity index (χ0) is 11.5. The Morgan fingerprint density at radius 3 is 2.69 bits per heavy atom. The first-order chi connectivity index (χ1) is 7.70. The number of likely N-dealkylation sites (tertiary alicyclic amines) is 1. The Kier molecular flexibility index (Phi) is 3.19. The minimum atomic E-state index is -0.627. The fourth-order valence-electron chi connectivity index (χ4n) is 2.15. The molecule has 6 nitrogen and oxygen atoms in total. The first kappa shape index (κ1) is 11.1. The second-order valence-electron chi connectivity index (χ2n) is 4.02. The number of hydrogen-bond donors (Lipinski definition) is 2. The highest BCUT2D eigenvalue weighted by Gasteiger charge is 2.27. The molecule has 0 radical (unpaired) electrons. The van der Waals surface area contributed by atoms with Crippen molar-refractivity contribution in [2.75, 3.05) is 19.6 Å². The first-order valence-corrected chi connectivity index (χ1v) is 5.61. The van der Waals surface area contributed by atoms with Gasteiger partial charge in [0, 0.05) is 6.04 Å². The molecule has 16 heavy (non-hydrogen) atoms. The molecule has 2 heterocycles. The molecule has 2 saturated heterocycles. The molecule has 2 rings (SSSR count). The molecule has 2 aliphatic heterocycles. The standard InChI is InChI=1S/C10H16N4O2/c1-2-14-5-3-4-7(14)6-11-10-12-8(15)9(16)13-10/h7H,2-6H2,1H3,(H2,11,12,13,15,16). The lowest BCUT2D eigenvalue weighted by molar-refractivity contribution is -0.135. The molecule has 0 saturated carbocycles. The molecule has 0 aromatic rings. The summed E-state index contributed by atoms with van der Waals surface area (Å²) in [5.74, 6) is -0.965. The minimum Gasteiger partial charge on any atom is -0.299 e. The van der Waals surface area contributed by atoms with Crippen molar-refractivity contribution in [1.82, 2.24) is 15.5 Å². The third-order valence-corrected chi connectivity index (χ3v) is 3.04. The van der Waals surface area contributed by atoms with Gasteiger partial charge in [0.2, 0.25) is 5.96 Å². The highest BCUT2D eigenvalue weighted by Crippen LogP contribution is 2.16. The van der Waals surface area contributed by atoms with Crippen molar-refractivity contribution in [2.45, 2.75) is 25.8 Å². The van der Waals surface area contributed by atoms with Crippen LogP contribution in [0.3, 0.4) is 0 Å². The van der Waals surface area contributed by atoms with Crippen molar-refractivity contribution < 1.29 is 9.59 Å². The maximum atomic E-state index is 10.9. The zero-order valence-electron chi connectivity index (χ0n) is 9.32. The molecule has 0 aromatic carbocycles. The number of nitrogens with zero attached hydrogens (tertiary/aromatic N) is 2. The van der Waals surface area contributed by atoms with Gasteiger partial charge < -0.3 is 0 Å². The molecular formula is C10H16N4O2. The van der Waals surface area contributed by atoms with Crippen LogP contribution in [0.25, 0.3) is 0 Å². The molecule has 1 unspecified atom stereocenters. The molecule has 88 valence electrons. The van der Waals surface area contributed by atoms with Gasteiger partial charge in [-0.15, -0.1) is 0 Å². The molecule has 2 N–H and O–H groups in total. The predicted octanol–water partition coefficient (Wildman–Crippen LogP) is -0.927. The number of guanidine groups is 1. The number of likely N-dealkylation sites (N-methyl/N-ethyl adjacent to an activating group) is 1. The van der Waals surface area contributed by atoms with E-state index < -0.39 is 11.8 Å². The van der Waals surface area contributed by atoms with E-state index in [0.29, 0.717) is 12.6 Å². The second-order valence-corrected chi connectivity index (χ2v) is 4.02. The van der Waals surface area contributed by atoms with E-state index in [2.05, 4.69) is 27.4 Å². The molecule has 0 aromatic heterocycles. The summed E-state index contributed by atoms with van der Waals surface area (Å²) in [6, 6.07) is 0.437. The van der Waals surface area contributed by atoms with E-state index in [0.717, 1.165) is 19.5 Å². The van der Waals surface area contributed by atoms with Gasteiger partial charge in [-0.25, -0.2) is 0 Å². The fourth-order valence-corrected chi connectivity index (χ4v) is 2.15. The molecule has 0 spiro atoms. The molecule has 1 atom stereocenters. The quantitative estimate of drug-likeness (QED) is 0.608. The van der Waals surface area contributed by atoms with E-state index in [4.69, 9.17) is 0 Å². The number of nitrogens with one attached hydrogen (secondary N) is 2. The van der Waals surface area contributed by atoms with Crippen LogP contribution in [0.4, 0.5) is 0 Å². The van der Waals surface area contributed by atoms with Crippen LogP contribution in [-0.4, -0.2) is 48.3 Å². The number of aliphatic imine (C=N–C) groups is 1. The molecule has 6 heteroatoms. The molecule has 0 aliphatic carbocycles. The van der Waals surface area contributed by atoms with Gasteiger partial charge in [0.05, 0.1) is 6.54 Å². The minimum absolute atomic E-state index is 0.290. The van der Waals surface area contributed by atoms with E-state index in [1.165, 1.54) is 6.42 Å². The van der Waals surface area contributed by atoms with Gasteiger partial charge in [-0.2, -0.15) is 0 Å². The van der Waals surface area contributed by atoms with E-state index in [1.54, 1.807) is 0 Å². The van der Waals surface area contributed by atoms with Gasteiger partial charge in [0.15, 0.2) is 0 Å². The van der Waals surface area contributed by atoms with Crippen molar-refractivity contribution in [3.05, 3.63) is 0 Å². The Labute approximate surface area is 94.1 Å². The number of carbonyl (C=O) groups is 2. The largest absolute Gasteiger partial charge is 0.316 e. The lowest BCUT2D eigenvalue weighted by atomic mass is 10.2. The predicted molar refractivity (Wildman–Crippen MR) is 58.9 cm³/mol. The van der Waals surface area contributed by atoms with E-state index in [9.17, 15) is 9.59 Å². The summed E-state index contributed by atoms with van der Waals surface area (Å²) in [5, 5.41) is 4.78. The summed E-state index contributed by atoms with van der Waals surface area (Å²) in [7, 11) is 0. The van der Waals surface area contributed by atoms with Crippen molar-refractivity contribution in [3.8, 4) is 0 Å². The van der Waals surface area contributed by atoms with Crippen LogP contribution in [-0.2, 0) is 9.59 Å². The van der Waals surface area contributed by atoms with Gasteiger partial charge >= 0.3 is 11.8 Å². The van der Waals surface area contributed by atoms with Crippen LogP contribution < -0.4 is 10.6 Å². The Bertz CT molecular complexity index is 322. The monoisotopic (exact) mass is 224 g/mol. The fraction of sp³-hybridized carbons (Fsp3) is 0.700. The lowest BCUT2D eigenvalue weighted by Crippen LogP contribution is -2.33. The molecule has 0 bridgehead atoms. The van der Waals surface area contributed by atoms with E-state index in [-0.39, 0.29) is 5.96 Å². The Hall–Kier alpha value is -1.43. The molecular weight excluding hydrogens is 208 g/mol. The van der Waals surface area contributed by atoms with Crippen LogP contribution in [0.1, 0.15) is 19.8 Å². The highest BCUT2D eigenvalue weighted by molar-refractivity contribution is 6.45. The molecule has 2 fully saturated rings. The average molecular weight is 224 g/mol. The van der Waals surface area contributed by atoms with Crippen LogP contribution in [0.5, 0.6) is 0 Å². The Morgan fingerprint density at radius 2 is 2.06 bits per heavy atom. The van der Waals surface area contributed by atoms with Crippen LogP contribution in [0, 0.1) is 0 Å². The van der Waals surface area contributed by atoms with Crippen LogP contribution in [0.15, 0.2) is 4.99 Å². The topological polar surface area (TPSA) is 73.8 Å². The lowest BCUT2D eigenvalue weighted by Gasteiger charge is -2.20. The van der Waals surface area contributed by atoms with Gasteiger partial charge in [-0.05, 0) is 25.9 Å². The number of rotatable bonds is 3. The Balaban J connectivity index is 1.89. The normalized spacial score (nSPS) is 25.8. The number of carbonyl (C=O) groups excluding carboxylic acids is 2. The number of amides is 2. The summed E-state index contributed by atoms with van der Waals surface area (Å²) in [4.78, 5) is 28.4. The van der Waals surface area contributed by atoms with Crippen molar-refractivity contribution in [3.63, 3.8) is 0 Å².